The van der Waals surface area contributed by atoms with Crippen LogP contribution in [-0.2, 0) is 9.59 Å². The topological polar surface area (TPSA) is 77.6 Å². The molecule has 31 heavy (non-hydrogen) atoms. The summed E-state index contributed by atoms with van der Waals surface area (Å²) in [5.74, 6) is 1.61. The molecule has 3 aliphatic rings. The third kappa shape index (κ3) is 4.41. The first-order valence-corrected chi connectivity index (χ1v) is 12.4. The van der Waals surface area contributed by atoms with Crippen LogP contribution in [0, 0.1) is 5.92 Å². The Labute approximate surface area is 187 Å². The van der Waals surface area contributed by atoms with Gasteiger partial charge in [-0.05, 0) is 49.3 Å². The molecular formula is C23H31N5O2S. The maximum absolute atomic E-state index is 12.7. The van der Waals surface area contributed by atoms with E-state index in [2.05, 4.69) is 38.1 Å². The van der Waals surface area contributed by atoms with Gasteiger partial charge in [0.15, 0.2) is 0 Å². The normalized spacial score (nSPS) is 26.6. The Morgan fingerprint density at radius 3 is 2.81 bits per heavy atom. The molecule has 1 aromatic heterocycles. The Kier molecular flexibility index (Phi) is 6.09. The minimum Gasteiger partial charge on any atom is -0.352 e. The highest BCUT2D eigenvalue weighted by Gasteiger charge is 2.37. The number of aromatic nitrogens is 1. The lowest BCUT2D eigenvalue weighted by Gasteiger charge is -2.40. The van der Waals surface area contributed by atoms with Gasteiger partial charge in [-0.2, -0.15) is 4.37 Å². The molecule has 7 nitrogen and oxygen atoms in total. The maximum Gasteiger partial charge on any atom is 0.225 e. The van der Waals surface area contributed by atoms with Crippen LogP contribution in [0.1, 0.15) is 44.9 Å². The second-order valence-corrected chi connectivity index (χ2v) is 9.79. The van der Waals surface area contributed by atoms with E-state index in [1.807, 2.05) is 11.0 Å². The van der Waals surface area contributed by atoms with Gasteiger partial charge >= 0.3 is 0 Å². The smallest absolute Gasteiger partial charge is 0.225 e. The number of rotatable bonds is 5. The lowest BCUT2D eigenvalue weighted by Crippen LogP contribution is -2.62. The number of carbonyl (C=O) groups is 2. The lowest BCUT2D eigenvalue weighted by molar-refractivity contribution is -0.131. The van der Waals surface area contributed by atoms with Crippen LogP contribution in [0.4, 0.5) is 5.82 Å². The van der Waals surface area contributed by atoms with E-state index in [0.717, 1.165) is 64.1 Å². The lowest BCUT2D eigenvalue weighted by atomic mass is 9.82. The number of anilines is 1. The molecule has 2 aromatic rings. The fraction of sp³-hybridized carbons (Fsp3) is 0.609. The number of fused-ring (bicyclic) bond motifs is 2. The third-order valence-electron chi connectivity index (χ3n) is 7.01. The van der Waals surface area contributed by atoms with Crippen LogP contribution in [0.2, 0.25) is 0 Å². The summed E-state index contributed by atoms with van der Waals surface area (Å²) in [6.07, 6.45) is 6.60. The molecule has 3 fully saturated rings. The Morgan fingerprint density at radius 1 is 1.13 bits per heavy atom. The number of nitrogens with zero attached hydrogens (tertiary/aromatic N) is 3. The van der Waals surface area contributed by atoms with E-state index in [0.29, 0.717) is 12.5 Å². The molecule has 166 valence electrons. The van der Waals surface area contributed by atoms with Crippen LogP contribution in [0.15, 0.2) is 24.3 Å². The van der Waals surface area contributed by atoms with Crippen molar-refractivity contribution in [2.75, 3.05) is 31.1 Å². The van der Waals surface area contributed by atoms with Crippen molar-refractivity contribution in [2.24, 2.45) is 5.92 Å². The number of hydrogen-bond donors (Lipinski definition) is 2. The highest BCUT2D eigenvalue weighted by molar-refractivity contribution is 7.13. The predicted octanol–water partition coefficient (Wildman–Crippen LogP) is 2.72. The summed E-state index contributed by atoms with van der Waals surface area (Å²) >= 11 is 1.54. The monoisotopic (exact) mass is 441 g/mol. The van der Waals surface area contributed by atoms with Crippen LogP contribution in [0.5, 0.6) is 0 Å². The zero-order chi connectivity index (χ0) is 21.2. The van der Waals surface area contributed by atoms with Crippen molar-refractivity contribution < 1.29 is 9.59 Å². The first-order chi connectivity index (χ1) is 15.2. The number of carbonyl (C=O) groups excluding carboxylic acids is 2. The number of hydrogen-bond acceptors (Lipinski definition) is 6. The van der Waals surface area contributed by atoms with Crippen molar-refractivity contribution in [1.82, 2.24) is 19.9 Å². The summed E-state index contributed by atoms with van der Waals surface area (Å²) in [4.78, 5) is 29.4. The second kappa shape index (κ2) is 9.12. The molecule has 2 aliphatic heterocycles. The molecule has 1 aromatic carbocycles. The first-order valence-electron chi connectivity index (χ1n) is 11.6. The van der Waals surface area contributed by atoms with Gasteiger partial charge in [0, 0.05) is 44.0 Å². The summed E-state index contributed by atoms with van der Waals surface area (Å²) in [6.45, 7) is 3.13. The minimum absolute atomic E-state index is 0.00874. The van der Waals surface area contributed by atoms with Gasteiger partial charge in [-0.1, -0.05) is 25.0 Å². The predicted molar refractivity (Wildman–Crippen MR) is 123 cm³/mol. The molecular weight excluding hydrogens is 410 g/mol. The van der Waals surface area contributed by atoms with Crippen molar-refractivity contribution in [3.63, 3.8) is 0 Å². The van der Waals surface area contributed by atoms with Crippen molar-refractivity contribution in [1.29, 1.82) is 0 Å². The molecule has 0 radical (unpaired) electrons. The molecule has 8 heteroatoms. The van der Waals surface area contributed by atoms with Crippen molar-refractivity contribution in [3.05, 3.63) is 24.3 Å². The highest BCUT2D eigenvalue weighted by Crippen LogP contribution is 2.30. The van der Waals surface area contributed by atoms with Crippen LogP contribution in [0.25, 0.3) is 10.1 Å². The molecule has 2 saturated heterocycles. The van der Waals surface area contributed by atoms with Crippen molar-refractivity contribution >= 4 is 39.3 Å². The largest absolute Gasteiger partial charge is 0.352 e. The van der Waals surface area contributed by atoms with Gasteiger partial charge in [-0.3, -0.25) is 14.9 Å². The van der Waals surface area contributed by atoms with Gasteiger partial charge < -0.3 is 15.1 Å². The number of amides is 2. The molecule has 2 N–H and O–H groups in total. The fourth-order valence-electron chi connectivity index (χ4n) is 5.26. The van der Waals surface area contributed by atoms with Gasteiger partial charge in [0.25, 0.3) is 0 Å². The molecule has 3 atom stereocenters. The van der Waals surface area contributed by atoms with Crippen LogP contribution < -0.4 is 15.5 Å². The molecule has 1 aliphatic carbocycles. The molecule has 5 rings (SSSR count). The standard InChI is InChI=1S/C23H31N5O2S/c29-21(11-5-10-20-24-18-8-3-1-6-16(18)23(30)25-20)27-12-14-28(15-13-27)22-17-7-2-4-9-19(17)31-26-22/h2,4,7,9,16,18,20,24H,1,3,5-6,8,10-15H2,(H,25,30). The van der Waals surface area contributed by atoms with E-state index in [1.165, 1.54) is 28.0 Å². The second-order valence-electron chi connectivity index (χ2n) is 8.99. The van der Waals surface area contributed by atoms with E-state index in [-0.39, 0.29) is 23.9 Å². The summed E-state index contributed by atoms with van der Waals surface area (Å²) in [6, 6.07) is 8.65. The highest BCUT2D eigenvalue weighted by atomic mass is 32.1. The minimum atomic E-state index is 0.00874. The quantitative estimate of drug-likeness (QED) is 0.746. The average Bonchev–Trinajstić information content (AvgIpc) is 3.23. The molecule has 1 saturated carbocycles. The zero-order valence-corrected chi connectivity index (χ0v) is 18.7. The van der Waals surface area contributed by atoms with Gasteiger partial charge in [-0.25, -0.2) is 0 Å². The van der Waals surface area contributed by atoms with Crippen LogP contribution >= 0.6 is 11.5 Å². The van der Waals surface area contributed by atoms with E-state index >= 15 is 0 Å². The molecule has 2 amide bonds. The summed E-state index contributed by atoms with van der Waals surface area (Å²) in [7, 11) is 0. The number of piperazine rings is 1. The van der Waals surface area contributed by atoms with Crippen LogP contribution in [0.3, 0.4) is 0 Å². The fourth-order valence-corrected chi connectivity index (χ4v) is 6.06. The van der Waals surface area contributed by atoms with E-state index < -0.39 is 0 Å². The maximum atomic E-state index is 12.7. The Bertz CT molecular complexity index is 939. The summed E-state index contributed by atoms with van der Waals surface area (Å²) in [5, 5.41) is 7.93. The van der Waals surface area contributed by atoms with Gasteiger partial charge in [0.2, 0.25) is 11.8 Å². The molecule has 3 heterocycles. The van der Waals surface area contributed by atoms with E-state index in [9.17, 15) is 9.59 Å². The molecule has 3 unspecified atom stereocenters. The summed E-state index contributed by atoms with van der Waals surface area (Å²) < 4.78 is 5.86. The first kappa shape index (κ1) is 20.7. The van der Waals surface area contributed by atoms with Crippen LogP contribution in [-0.4, -0.2) is 59.5 Å². The van der Waals surface area contributed by atoms with Gasteiger partial charge in [0.05, 0.1) is 16.8 Å². The van der Waals surface area contributed by atoms with Gasteiger partial charge in [0.1, 0.15) is 5.82 Å². The zero-order valence-electron chi connectivity index (χ0n) is 17.9. The molecule has 0 bridgehead atoms. The number of benzene rings is 1. The SMILES string of the molecule is O=C1NC(CCCC(=O)N2CCN(c3nsc4ccccc34)CC2)NC2CCCCC12. The molecule has 0 spiro atoms. The Morgan fingerprint density at radius 2 is 1.94 bits per heavy atom. The summed E-state index contributed by atoms with van der Waals surface area (Å²) in [5.41, 5.74) is 0. The Balaban J connectivity index is 1.07. The van der Waals surface area contributed by atoms with E-state index in [4.69, 9.17) is 0 Å². The number of nitrogens with one attached hydrogen (secondary N) is 2. The third-order valence-corrected chi connectivity index (χ3v) is 7.83. The Hall–Kier alpha value is -2.19. The van der Waals surface area contributed by atoms with E-state index in [1.54, 1.807) is 0 Å². The van der Waals surface area contributed by atoms with Crippen molar-refractivity contribution in [2.45, 2.75) is 57.2 Å². The van der Waals surface area contributed by atoms with Crippen molar-refractivity contribution in [3.8, 4) is 0 Å². The van der Waals surface area contributed by atoms with Gasteiger partial charge in [-0.15, -0.1) is 0 Å². The average molecular weight is 442 g/mol.